The summed E-state index contributed by atoms with van der Waals surface area (Å²) in [6.07, 6.45) is 3.08. The zero-order chi connectivity index (χ0) is 18.9. The summed E-state index contributed by atoms with van der Waals surface area (Å²) in [4.78, 5) is 12.3. The van der Waals surface area contributed by atoms with Crippen molar-refractivity contribution < 1.29 is 19.0 Å². The second kappa shape index (κ2) is 9.48. The Morgan fingerprint density at radius 1 is 1.04 bits per heavy atom. The number of nitrogens with one attached hydrogen (secondary N) is 1. The topological polar surface area (TPSA) is 69.2 Å². The largest absolute Gasteiger partial charge is 0.493 e. The molecule has 0 atom stereocenters. The summed E-state index contributed by atoms with van der Waals surface area (Å²) in [5, 5.41) is 4.24. The first-order valence-electron chi connectivity index (χ1n) is 7.64. The van der Waals surface area contributed by atoms with Gasteiger partial charge in [-0.15, -0.1) is 0 Å². The molecule has 6 nitrogen and oxygen atoms in total. The fourth-order valence-electron chi connectivity index (χ4n) is 2.18. The van der Waals surface area contributed by atoms with E-state index < -0.39 is 5.91 Å². The summed E-state index contributed by atoms with van der Waals surface area (Å²) in [7, 11) is 4.45. The van der Waals surface area contributed by atoms with E-state index in [0.29, 0.717) is 27.8 Å². The number of rotatable bonds is 7. The molecule has 0 aliphatic carbocycles. The van der Waals surface area contributed by atoms with Gasteiger partial charge in [-0.1, -0.05) is 41.9 Å². The molecule has 0 fully saturated rings. The van der Waals surface area contributed by atoms with Gasteiger partial charge < -0.3 is 14.2 Å². The summed E-state index contributed by atoms with van der Waals surface area (Å²) in [6.45, 7) is 0. The number of hydrazone groups is 1. The third-order valence-electron chi connectivity index (χ3n) is 3.39. The number of carbonyl (C=O) groups excluding carboxylic acids is 1. The average Bonchev–Trinajstić information content (AvgIpc) is 2.67. The molecule has 0 heterocycles. The van der Waals surface area contributed by atoms with Crippen LogP contribution in [0.25, 0.3) is 6.08 Å². The van der Waals surface area contributed by atoms with E-state index in [-0.39, 0.29) is 0 Å². The first kappa shape index (κ1) is 19.3. The van der Waals surface area contributed by atoms with Crippen molar-refractivity contribution in [3.63, 3.8) is 0 Å². The van der Waals surface area contributed by atoms with Gasteiger partial charge >= 0.3 is 0 Å². The van der Waals surface area contributed by atoms with Crippen LogP contribution in [0.4, 0.5) is 0 Å². The number of methoxy groups -OCH3 is 3. The minimum atomic E-state index is -0.440. The molecule has 0 saturated heterocycles. The zero-order valence-corrected chi connectivity index (χ0v) is 15.4. The molecule has 7 heteroatoms. The predicted molar refractivity (Wildman–Crippen MR) is 102 cm³/mol. The second-order valence-electron chi connectivity index (χ2n) is 5.05. The molecule has 2 aromatic carbocycles. The molecule has 26 heavy (non-hydrogen) atoms. The van der Waals surface area contributed by atoms with Gasteiger partial charge in [-0.25, -0.2) is 5.43 Å². The number of carbonyl (C=O) groups is 1. The number of nitrogens with zero attached hydrogens (tertiary/aromatic N) is 1. The molecule has 2 rings (SSSR count). The van der Waals surface area contributed by atoms with Gasteiger partial charge in [-0.05, 0) is 23.8 Å². The van der Waals surface area contributed by atoms with Crippen LogP contribution in [0.3, 0.4) is 0 Å². The van der Waals surface area contributed by atoms with Crippen LogP contribution in [0.2, 0.25) is 0 Å². The lowest BCUT2D eigenvalue weighted by Gasteiger charge is -2.13. The maximum Gasteiger partial charge on any atom is 0.271 e. The highest BCUT2D eigenvalue weighted by atomic mass is 35.5. The molecule has 1 amide bonds. The smallest absolute Gasteiger partial charge is 0.271 e. The molecule has 0 aliphatic heterocycles. The summed E-state index contributed by atoms with van der Waals surface area (Å²) in [5.74, 6) is 0.722. The zero-order valence-electron chi connectivity index (χ0n) is 14.7. The van der Waals surface area contributed by atoms with E-state index in [9.17, 15) is 4.79 Å². The van der Waals surface area contributed by atoms with E-state index in [1.165, 1.54) is 39.7 Å². The van der Waals surface area contributed by atoms with Crippen LogP contribution in [0.15, 0.2) is 52.6 Å². The molecule has 0 radical (unpaired) electrons. The summed E-state index contributed by atoms with van der Waals surface area (Å²) < 4.78 is 15.7. The number of hydrogen-bond acceptors (Lipinski definition) is 5. The molecule has 0 aliphatic rings. The van der Waals surface area contributed by atoms with Crippen molar-refractivity contribution in [3.8, 4) is 17.2 Å². The van der Waals surface area contributed by atoms with Gasteiger partial charge in [0.1, 0.15) is 0 Å². The Balaban J connectivity index is 2.11. The van der Waals surface area contributed by atoms with Crippen molar-refractivity contribution in [1.29, 1.82) is 0 Å². The van der Waals surface area contributed by atoms with Gasteiger partial charge in [0.15, 0.2) is 11.5 Å². The van der Waals surface area contributed by atoms with Crippen LogP contribution < -0.4 is 19.6 Å². The number of ether oxygens (including phenoxy) is 3. The molecule has 136 valence electrons. The predicted octanol–water partition coefficient (Wildman–Crippen LogP) is 3.71. The lowest BCUT2D eigenvalue weighted by Crippen LogP contribution is -2.17. The van der Waals surface area contributed by atoms with E-state index in [4.69, 9.17) is 25.8 Å². The molecular weight excluding hydrogens is 356 g/mol. The molecule has 2 aromatic rings. The van der Waals surface area contributed by atoms with Crippen LogP contribution in [0, 0.1) is 0 Å². The van der Waals surface area contributed by atoms with Crippen molar-refractivity contribution >= 4 is 29.8 Å². The fourth-order valence-corrected chi connectivity index (χ4v) is 2.35. The second-order valence-corrected chi connectivity index (χ2v) is 5.49. The van der Waals surface area contributed by atoms with E-state index in [0.717, 1.165) is 5.56 Å². The molecular formula is C19H19ClN2O4. The van der Waals surface area contributed by atoms with Gasteiger partial charge in [0.25, 0.3) is 5.91 Å². The molecule has 0 bridgehead atoms. The average molecular weight is 375 g/mol. The number of halogens is 1. The number of amides is 1. The van der Waals surface area contributed by atoms with E-state index >= 15 is 0 Å². The molecule has 0 unspecified atom stereocenters. The van der Waals surface area contributed by atoms with Crippen LogP contribution >= 0.6 is 11.6 Å². The van der Waals surface area contributed by atoms with Crippen molar-refractivity contribution in [2.75, 3.05) is 21.3 Å². The Hall–Kier alpha value is -2.99. The number of benzene rings is 2. The third-order valence-corrected chi connectivity index (χ3v) is 3.59. The Kier molecular flexibility index (Phi) is 7.05. The van der Waals surface area contributed by atoms with Crippen molar-refractivity contribution in [1.82, 2.24) is 5.43 Å². The highest BCUT2D eigenvalue weighted by Gasteiger charge is 2.16. The van der Waals surface area contributed by atoms with Gasteiger partial charge in [0, 0.05) is 5.56 Å². The van der Waals surface area contributed by atoms with Gasteiger partial charge in [-0.3, -0.25) is 4.79 Å². The molecule has 0 aromatic heterocycles. The standard InChI is InChI=1S/C19H19ClN2O4/c1-24-16-10-14(11-17(25-2)18(16)26-3)19(23)22-21-12-15(20)9-13-7-5-4-6-8-13/h4-12H,1-3H3,(H,22,23)/b15-9-,21-12+. The Morgan fingerprint density at radius 3 is 2.19 bits per heavy atom. The van der Waals surface area contributed by atoms with Gasteiger partial charge in [-0.2, -0.15) is 5.10 Å². The molecule has 0 saturated carbocycles. The first-order chi connectivity index (χ1) is 12.6. The third kappa shape index (κ3) is 5.00. The quantitative estimate of drug-likeness (QED) is 0.592. The SMILES string of the molecule is COc1cc(C(=O)N/N=C/C(Cl)=C/c2ccccc2)cc(OC)c1OC. The van der Waals surface area contributed by atoms with Gasteiger partial charge in [0.05, 0.1) is 32.6 Å². The lowest BCUT2D eigenvalue weighted by atomic mass is 10.1. The minimum Gasteiger partial charge on any atom is -0.493 e. The Labute approximate surface area is 157 Å². The van der Waals surface area contributed by atoms with Crippen LogP contribution in [-0.4, -0.2) is 33.5 Å². The Morgan fingerprint density at radius 2 is 1.65 bits per heavy atom. The minimum absolute atomic E-state index is 0.305. The number of hydrogen-bond donors (Lipinski definition) is 1. The normalized spacial score (nSPS) is 11.3. The molecule has 0 spiro atoms. The van der Waals surface area contributed by atoms with Crippen molar-refractivity contribution in [2.24, 2.45) is 5.10 Å². The van der Waals surface area contributed by atoms with E-state index in [1.807, 2.05) is 30.3 Å². The Bertz CT molecular complexity index is 795. The summed E-state index contributed by atoms with van der Waals surface area (Å²) >= 11 is 6.08. The maximum atomic E-state index is 12.3. The highest BCUT2D eigenvalue weighted by Crippen LogP contribution is 2.38. The van der Waals surface area contributed by atoms with E-state index in [1.54, 1.807) is 6.08 Å². The first-order valence-corrected chi connectivity index (χ1v) is 8.02. The highest BCUT2D eigenvalue weighted by molar-refractivity contribution is 6.41. The van der Waals surface area contributed by atoms with E-state index in [2.05, 4.69) is 10.5 Å². The van der Waals surface area contributed by atoms with Crippen molar-refractivity contribution in [2.45, 2.75) is 0 Å². The van der Waals surface area contributed by atoms with Crippen LogP contribution in [0.1, 0.15) is 15.9 Å². The lowest BCUT2D eigenvalue weighted by molar-refractivity contribution is 0.0954. The van der Waals surface area contributed by atoms with Crippen LogP contribution in [0.5, 0.6) is 17.2 Å². The summed E-state index contributed by atoms with van der Waals surface area (Å²) in [5.41, 5.74) is 3.64. The van der Waals surface area contributed by atoms with Crippen molar-refractivity contribution in [3.05, 3.63) is 58.6 Å². The van der Waals surface area contributed by atoms with Gasteiger partial charge in [0.2, 0.25) is 5.75 Å². The maximum absolute atomic E-state index is 12.3. The molecule has 1 N–H and O–H groups in total. The fraction of sp³-hybridized carbons (Fsp3) is 0.158. The van der Waals surface area contributed by atoms with Crippen LogP contribution in [-0.2, 0) is 0 Å². The number of allylic oxidation sites excluding steroid dienone is 1. The monoisotopic (exact) mass is 374 g/mol. The summed E-state index contributed by atoms with van der Waals surface area (Å²) in [6, 6.07) is 12.6.